The van der Waals surface area contributed by atoms with Crippen molar-refractivity contribution in [3.63, 3.8) is 0 Å². The summed E-state index contributed by atoms with van der Waals surface area (Å²) >= 11 is 0. The molecule has 130 valence electrons. The van der Waals surface area contributed by atoms with Crippen LogP contribution in [-0.2, 0) is 11.2 Å². The van der Waals surface area contributed by atoms with E-state index in [9.17, 15) is 9.18 Å². The average molecular weight is 338 g/mol. The van der Waals surface area contributed by atoms with Crippen molar-refractivity contribution >= 4 is 16.8 Å². The van der Waals surface area contributed by atoms with Gasteiger partial charge < -0.3 is 10.3 Å². The number of para-hydroxylation sites is 1. The molecule has 3 aromatic rings. The summed E-state index contributed by atoms with van der Waals surface area (Å²) in [6.45, 7) is 4.84. The second-order valence-corrected chi connectivity index (χ2v) is 6.73. The largest absolute Gasteiger partial charge is 0.356 e. The maximum Gasteiger partial charge on any atom is 0.220 e. The van der Waals surface area contributed by atoms with Crippen LogP contribution in [0.2, 0.25) is 0 Å². The van der Waals surface area contributed by atoms with Gasteiger partial charge in [0.15, 0.2) is 0 Å². The van der Waals surface area contributed by atoms with E-state index < -0.39 is 0 Å². The highest BCUT2D eigenvalue weighted by molar-refractivity contribution is 5.91. The summed E-state index contributed by atoms with van der Waals surface area (Å²) in [7, 11) is 0. The van der Waals surface area contributed by atoms with Crippen LogP contribution in [-0.4, -0.2) is 17.4 Å². The molecule has 0 spiro atoms. The molecule has 1 amide bonds. The van der Waals surface area contributed by atoms with Gasteiger partial charge in [-0.2, -0.15) is 0 Å². The number of fused-ring (bicyclic) bond motifs is 1. The number of rotatable bonds is 6. The lowest BCUT2D eigenvalue weighted by Crippen LogP contribution is -2.27. The van der Waals surface area contributed by atoms with Gasteiger partial charge in [-0.3, -0.25) is 4.79 Å². The molecule has 1 heterocycles. The van der Waals surface area contributed by atoms with Crippen molar-refractivity contribution < 1.29 is 9.18 Å². The third-order valence-electron chi connectivity index (χ3n) is 4.26. The number of aryl methyl sites for hydroxylation is 1. The van der Waals surface area contributed by atoms with E-state index in [0.29, 0.717) is 25.3 Å². The predicted molar refractivity (Wildman–Crippen MR) is 99.9 cm³/mol. The molecule has 0 aliphatic rings. The number of hydrogen-bond acceptors (Lipinski definition) is 1. The van der Waals surface area contributed by atoms with Crippen molar-refractivity contribution in [2.24, 2.45) is 5.92 Å². The van der Waals surface area contributed by atoms with Gasteiger partial charge in [-0.1, -0.05) is 32.0 Å². The number of carbonyl (C=O) groups excluding carboxylic acids is 1. The molecule has 0 atom stereocenters. The lowest BCUT2D eigenvalue weighted by molar-refractivity contribution is -0.121. The fourth-order valence-corrected chi connectivity index (χ4v) is 2.97. The average Bonchev–Trinajstić information content (AvgIpc) is 2.97. The molecular formula is C21H23FN2O. The molecule has 25 heavy (non-hydrogen) atoms. The number of carbonyl (C=O) groups is 1. The molecule has 0 saturated heterocycles. The Morgan fingerprint density at radius 1 is 1.12 bits per heavy atom. The summed E-state index contributed by atoms with van der Waals surface area (Å²) in [5.74, 6) is 0.241. The number of aromatic amines is 1. The summed E-state index contributed by atoms with van der Waals surface area (Å²) in [5, 5.41) is 4.07. The third kappa shape index (κ3) is 4.08. The van der Waals surface area contributed by atoms with E-state index in [1.807, 2.05) is 18.2 Å². The van der Waals surface area contributed by atoms with Crippen LogP contribution >= 0.6 is 0 Å². The summed E-state index contributed by atoms with van der Waals surface area (Å²) in [4.78, 5) is 15.5. The Hall–Kier alpha value is -2.62. The van der Waals surface area contributed by atoms with Crippen LogP contribution in [0.1, 0.15) is 25.8 Å². The minimum absolute atomic E-state index is 0.0593. The number of nitrogens with one attached hydrogen (secondary N) is 2. The molecule has 0 saturated carbocycles. The highest BCUT2D eigenvalue weighted by Crippen LogP contribution is 2.31. The zero-order chi connectivity index (χ0) is 17.8. The van der Waals surface area contributed by atoms with Crippen molar-refractivity contribution in [2.75, 3.05) is 6.54 Å². The van der Waals surface area contributed by atoms with Gasteiger partial charge in [-0.05, 0) is 53.8 Å². The Kier molecular flexibility index (Phi) is 5.17. The van der Waals surface area contributed by atoms with E-state index in [4.69, 9.17) is 0 Å². The molecule has 2 N–H and O–H groups in total. The molecule has 0 aliphatic carbocycles. The van der Waals surface area contributed by atoms with Crippen molar-refractivity contribution in [1.29, 1.82) is 0 Å². The number of H-pyrrole nitrogens is 1. The van der Waals surface area contributed by atoms with Gasteiger partial charge in [-0.15, -0.1) is 0 Å². The van der Waals surface area contributed by atoms with Crippen LogP contribution in [0.5, 0.6) is 0 Å². The van der Waals surface area contributed by atoms with Gasteiger partial charge in [0.1, 0.15) is 5.82 Å². The van der Waals surface area contributed by atoms with Crippen LogP contribution in [0, 0.1) is 11.7 Å². The molecule has 4 heteroatoms. The van der Waals surface area contributed by atoms with Crippen LogP contribution < -0.4 is 5.32 Å². The first-order chi connectivity index (χ1) is 12.0. The Bertz CT molecular complexity index is 865. The number of hydrogen-bond donors (Lipinski definition) is 2. The van der Waals surface area contributed by atoms with Gasteiger partial charge in [0.05, 0.1) is 0 Å². The molecule has 0 fully saturated rings. The lowest BCUT2D eigenvalue weighted by atomic mass is 10.0. The van der Waals surface area contributed by atoms with Crippen LogP contribution in [0.3, 0.4) is 0 Å². The molecule has 0 radical (unpaired) electrons. The van der Waals surface area contributed by atoms with E-state index in [1.165, 1.54) is 12.1 Å². The lowest BCUT2D eigenvalue weighted by Gasteiger charge is -2.09. The second kappa shape index (κ2) is 7.51. The second-order valence-electron chi connectivity index (χ2n) is 6.73. The normalized spacial score (nSPS) is 11.2. The van der Waals surface area contributed by atoms with E-state index >= 15 is 0 Å². The minimum atomic E-state index is -0.255. The molecule has 1 aromatic heterocycles. The molecule has 0 aliphatic heterocycles. The molecule has 3 rings (SSSR count). The molecular weight excluding hydrogens is 315 g/mol. The van der Waals surface area contributed by atoms with E-state index in [-0.39, 0.29) is 11.7 Å². The van der Waals surface area contributed by atoms with E-state index in [2.05, 4.69) is 30.2 Å². The fraction of sp³-hybridized carbons (Fsp3) is 0.286. The molecule has 0 bridgehead atoms. The smallest absolute Gasteiger partial charge is 0.220 e. The summed E-state index contributed by atoms with van der Waals surface area (Å²) < 4.78 is 13.2. The Balaban J connectivity index is 1.88. The number of benzene rings is 2. The number of aromatic nitrogens is 1. The Morgan fingerprint density at radius 3 is 2.56 bits per heavy atom. The summed E-state index contributed by atoms with van der Waals surface area (Å²) in [6, 6.07) is 14.5. The maximum atomic E-state index is 13.2. The van der Waals surface area contributed by atoms with Crippen molar-refractivity contribution in [3.05, 3.63) is 59.9 Å². The van der Waals surface area contributed by atoms with Gasteiger partial charge >= 0.3 is 0 Å². The fourth-order valence-electron chi connectivity index (χ4n) is 2.97. The third-order valence-corrected chi connectivity index (χ3v) is 4.26. The first-order valence-corrected chi connectivity index (χ1v) is 8.67. The van der Waals surface area contributed by atoms with Crippen LogP contribution in [0.4, 0.5) is 4.39 Å². The minimum Gasteiger partial charge on any atom is -0.356 e. The maximum absolute atomic E-state index is 13.2. The molecule has 0 unspecified atom stereocenters. The summed E-state index contributed by atoms with van der Waals surface area (Å²) in [5.41, 5.74) is 4.01. The highest BCUT2D eigenvalue weighted by atomic mass is 19.1. The van der Waals surface area contributed by atoms with Crippen molar-refractivity contribution in [1.82, 2.24) is 10.3 Å². The first kappa shape index (κ1) is 17.2. The number of halogens is 1. The van der Waals surface area contributed by atoms with E-state index in [0.717, 1.165) is 27.7 Å². The van der Waals surface area contributed by atoms with Crippen LogP contribution in [0.15, 0.2) is 48.5 Å². The molecule has 3 nitrogen and oxygen atoms in total. The first-order valence-electron chi connectivity index (χ1n) is 8.67. The van der Waals surface area contributed by atoms with Gasteiger partial charge in [0, 0.05) is 29.6 Å². The van der Waals surface area contributed by atoms with Crippen molar-refractivity contribution in [3.8, 4) is 11.3 Å². The topological polar surface area (TPSA) is 44.9 Å². The van der Waals surface area contributed by atoms with Gasteiger partial charge in [0.25, 0.3) is 0 Å². The Labute approximate surface area is 147 Å². The van der Waals surface area contributed by atoms with Gasteiger partial charge in [0.2, 0.25) is 5.91 Å². The quantitative estimate of drug-likeness (QED) is 0.673. The van der Waals surface area contributed by atoms with Gasteiger partial charge in [-0.25, -0.2) is 4.39 Å². The predicted octanol–water partition coefficient (Wildman–Crippen LogP) is 4.68. The highest BCUT2D eigenvalue weighted by Gasteiger charge is 2.14. The zero-order valence-electron chi connectivity index (χ0n) is 14.6. The van der Waals surface area contributed by atoms with Crippen molar-refractivity contribution in [2.45, 2.75) is 26.7 Å². The standard InChI is InChI=1S/C21H23FN2O/c1-14(2)13-23-20(25)12-11-18-17-5-3-4-6-19(17)24-21(18)15-7-9-16(22)10-8-15/h3-10,14,24H,11-13H2,1-2H3,(H,23,25). The molecule has 2 aromatic carbocycles. The number of amides is 1. The van der Waals surface area contributed by atoms with Crippen LogP contribution in [0.25, 0.3) is 22.2 Å². The zero-order valence-corrected chi connectivity index (χ0v) is 14.6. The summed E-state index contributed by atoms with van der Waals surface area (Å²) in [6.07, 6.45) is 1.07. The van der Waals surface area contributed by atoms with E-state index in [1.54, 1.807) is 12.1 Å². The Morgan fingerprint density at radius 2 is 1.84 bits per heavy atom. The SMILES string of the molecule is CC(C)CNC(=O)CCc1c(-c2ccc(F)cc2)[nH]c2ccccc12. The monoisotopic (exact) mass is 338 g/mol.